The minimum atomic E-state index is 0.0962. The molecule has 0 aromatic heterocycles. The van der Waals surface area contributed by atoms with E-state index in [4.69, 9.17) is 5.73 Å². The second kappa shape index (κ2) is 9.73. The molecule has 0 bridgehead atoms. The van der Waals surface area contributed by atoms with Crippen LogP contribution in [-0.2, 0) is 11.3 Å². The van der Waals surface area contributed by atoms with Gasteiger partial charge in [-0.15, -0.1) is 0 Å². The summed E-state index contributed by atoms with van der Waals surface area (Å²) in [5, 5.41) is 0. The summed E-state index contributed by atoms with van der Waals surface area (Å²) in [4.78, 5) is 15.3. The van der Waals surface area contributed by atoms with Gasteiger partial charge in [-0.25, -0.2) is 0 Å². The van der Waals surface area contributed by atoms with Gasteiger partial charge in [0.15, 0.2) is 0 Å². The maximum atomic E-state index is 13.2. The van der Waals surface area contributed by atoms with E-state index in [-0.39, 0.29) is 11.8 Å². The Morgan fingerprint density at radius 1 is 0.867 bits per heavy atom. The first-order chi connectivity index (χ1) is 14.7. The van der Waals surface area contributed by atoms with Crippen LogP contribution in [0.25, 0.3) is 0 Å². The fourth-order valence-electron chi connectivity index (χ4n) is 4.54. The number of amides is 1. The molecule has 0 saturated carbocycles. The van der Waals surface area contributed by atoms with E-state index in [9.17, 15) is 4.79 Å². The molecule has 1 saturated heterocycles. The number of hydrogen-bond acceptors (Lipinski definition) is 2. The number of carbonyl (C=O) groups excluding carboxylic acids is 1. The molecule has 2 N–H and O–H groups in total. The van der Waals surface area contributed by atoms with Gasteiger partial charge in [0.2, 0.25) is 5.91 Å². The van der Waals surface area contributed by atoms with Gasteiger partial charge < -0.3 is 10.6 Å². The van der Waals surface area contributed by atoms with E-state index in [1.807, 2.05) is 12.1 Å². The second-order valence-corrected chi connectivity index (χ2v) is 8.18. The van der Waals surface area contributed by atoms with Crippen LogP contribution in [0.2, 0.25) is 0 Å². The van der Waals surface area contributed by atoms with E-state index in [0.717, 1.165) is 25.9 Å². The van der Waals surface area contributed by atoms with Crippen LogP contribution < -0.4 is 5.73 Å². The molecule has 3 aromatic rings. The Labute approximate surface area is 179 Å². The smallest absolute Gasteiger partial charge is 0.223 e. The van der Waals surface area contributed by atoms with Crippen molar-refractivity contribution in [1.29, 1.82) is 0 Å². The Morgan fingerprint density at radius 2 is 1.47 bits per heavy atom. The molecule has 3 nitrogen and oxygen atoms in total. The van der Waals surface area contributed by atoms with Crippen LogP contribution in [0.4, 0.5) is 0 Å². The third-order valence-corrected chi connectivity index (χ3v) is 6.29. The third-order valence-electron chi connectivity index (χ3n) is 6.29. The predicted octanol–water partition coefficient (Wildman–Crippen LogP) is 5.07. The monoisotopic (exact) mass is 398 g/mol. The van der Waals surface area contributed by atoms with Gasteiger partial charge >= 0.3 is 0 Å². The van der Waals surface area contributed by atoms with Crippen molar-refractivity contribution in [2.24, 2.45) is 5.73 Å². The van der Waals surface area contributed by atoms with Crippen LogP contribution in [0.15, 0.2) is 84.9 Å². The fourth-order valence-corrected chi connectivity index (χ4v) is 4.54. The van der Waals surface area contributed by atoms with E-state index < -0.39 is 0 Å². The lowest BCUT2D eigenvalue weighted by molar-refractivity contribution is -0.132. The molecule has 154 valence electrons. The molecule has 0 radical (unpaired) electrons. The first kappa shape index (κ1) is 20.4. The summed E-state index contributed by atoms with van der Waals surface area (Å²) in [6, 6.07) is 29.4. The van der Waals surface area contributed by atoms with Gasteiger partial charge in [0, 0.05) is 32.0 Å². The topological polar surface area (TPSA) is 46.3 Å². The van der Waals surface area contributed by atoms with Gasteiger partial charge in [0.1, 0.15) is 0 Å². The Hall–Kier alpha value is -2.91. The van der Waals surface area contributed by atoms with Crippen LogP contribution in [-0.4, -0.2) is 23.9 Å². The van der Waals surface area contributed by atoms with E-state index in [1.165, 1.54) is 22.3 Å². The molecule has 0 unspecified atom stereocenters. The molecular formula is C27H30N2O. The lowest BCUT2D eigenvalue weighted by Crippen LogP contribution is -2.38. The van der Waals surface area contributed by atoms with Crippen LogP contribution >= 0.6 is 0 Å². The Kier molecular flexibility index (Phi) is 6.60. The molecule has 30 heavy (non-hydrogen) atoms. The third kappa shape index (κ3) is 4.80. The summed E-state index contributed by atoms with van der Waals surface area (Å²) >= 11 is 0. The van der Waals surface area contributed by atoms with Crippen molar-refractivity contribution in [3.63, 3.8) is 0 Å². The molecule has 3 heteroatoms. The van der Waals surface area contributed by atoms with Crippen LogP contribution in [0.1, 0.15) is 53.4 Å². The summed E-state index contributed by atoms with van der Waals surface area (Å²) < 4.78 is 0. The molecule has 0 aliphatic carbocycles. The molecule has 1 amide bonds. The molecular weight excluding hydrogens is 368 g/mol. The van der Waals surface area contributed by atoms with Gasteiger partial charge in [0.25, 0.3) is 0 Å². The predicted molar refractivity (Wildman–Crippen MR) is 122 cm³/mol. The highest BCUT2D eigenvalue weighted by atomic mass is 16.2. The quantitative estimate of drug-likeness (QED) is 0.630. The maximum Gasteiger partial charge on any atom is 0.223 e. The number of rotatable bonds is 6. The minimum Gasteiger partial charge on any atom is -0.343 e. The normalized spacial score (nSPS) is 14.8. The zero-order valence-electron chi connectivity index (χ0n) is 17.4. The fraction of sp³-hybridized carbons (Fsp3) is 0.296. The highest BCUT2D eigenvalue weighted by molar-refractivity contribution is 5.78. The number of benzene rings is 3. The van der Waals surface area contributed by atoms with Crippen LogP contribution in [0.3, 0.4) is 0 Å². The van der Waals surface area contributed by atoms with Gasteiger partial charge in [-0.1, -0.05) is 84.9 Å². The highest BCUT2D eigenvalue weighted by Crippen LogP contribution is 2.32. The molecule has 1 aliphatic rings. The summed E-state index contributed by atoms with van der Waals surface area (Å²) in [7, 11) is 0. The van der Waals surface area contributed by atoms with Crippen molar-refractivity contribution in [1.82, 2.24) is 4.90 Å². The molecule has 3 aromatic carbocycles. The van der Waals surface area contributed by atoms with Crippen molar-refractivity contribution in [2.45, 2.75) is 37.6 Å². The number of nitrogens with zero attached hydrogens (tertiary/aromatic N) is 1. The van der Waals surface area contributed by atoms with E-state index in [1.54, 1.807) is 0 Å². The Morgan fingerprint density at radius 3 is 2.03 bits per heavy atom. The van der Waals surface area contributed by atoms with Gasteiger partial charge in [-0.3, -0.25) is 4.79 Å². The summed E-state index contributed by atoms with van der Waals surface area (Å²) in [5.74, 6) is 0.861. The molecule has 0 spiro atoms. The summed E-state index contributed by atoms with van der Waals surface area (Å²) in [5.41, 5.74) is 10.7. The second-order valence-electron chi connectivity index (χ2n) is 8.18. The minimum absolute atomic E-state index is 0.0962. The van der Waals surface area contributed by atoms with Crippen molar-refractivity contribution in [3.05, 3.63) is 107 Å². The number of carbonyl (C=O) groups is 1. The van der Waals surface area contributed by atoms with Crippen molar-refractivity contribution in [2.75, 3.05) is 13.1 Å². The zero-order valence-corrected chi connectivity index (χ0v) is 17.4. The van der Waals surface area contributed by atoms with E-state index in [2.05, 4.69) is 77.7 Å². The first-order valence-electron chi connectivity index (χ1n) is 10.9. The summed E-state index contributed by atoms with van der Waals surface area (Å²) in [6.07, 6.45) is 2.55. The van der Waals surface area contributed by atoms with E-state index >= 15 is 0 Å². The van der Waals surface area contributed by atoms with Gasteiger partial charge in [-0.2, -0.15) is 0 Å². The Bertz CT molecular complexity index is 907. The number of nitrogens with two attached hydrogens (primary N) is 1. The Balaban J connectivity index is 1.43. The SMILES string of the molecule is NCc1cccc(C2CCN(C(=O)CC(c3ccccc3)c3ccccc3)CC2)c1. The van der Waals surface area contributed by atoms with Gasteiger partial charge in [-0.05, 0) is 41.0 Å². The zero-order chi connectivity index (χ0) is 20.8. The number of piperidine rings is 1. The standard InChI is InChI=1S/C27H30N2O/c28-20-21-8-7-13-25(18-21)22-14-16-29(17-15-22)27(30)19-26(23-9-3-1-4-10-23)24-11-5-2-6-12-24/h1-13,18,22,26H,14-17,19-20,28H2. The molecule has 1 aliphatic heterocycles. The lowest BCUT2D eigenvalue weighted by atomic mass is 9.86. The van der Waals surface area contributed by atoms with Crippen molar-refractivity contribution >= 4 is 5.91 Å². The van der Waals surface area contributed by atoms with Crippen molar-refractivity contribution < 1.29 is 4.79 Å². The van der Waals surface area contributed by atoms with E-state index in [0.29, 0.717) is 18.9 Å². The number of hydrogen-bond donors (Lipinski definition) is 1. The highest BCUT2D eigenvalue weighted by Gasteiger charge is 2.26. The molecule has 1 heterocycles. The molecule has 0 atom stereocenters. The average Bonchev–Trinajstić information content (AvgIpc) is 2.83. The summed E-state index contributed by atoms with van der Waals surface area (Å²) in [6.45, 7) is 2.23. The average molecular weight is 399 g/mol. The molecule has 4 rings (SSSR count). The largest absolute Gasteiger partial charge is 0.343 e. The lowest BCUT2D eigenvalue weighted by Gasteiger charge is -2.33. The van der Waals surface area contributed by atoms with Crippen LogP contribution in [0, 0.1) is 0 Å². The van der Waals surface area contributed by atoms with Gasteiger partial charge in [0.05, 0.1) is 0 Å². The van der Waals surface area contributed by atoms with Crippen molar-refractivity contribution in [3.8, 4) is 0 Å². The molecule has 1 fully saturated rings. The first-order valence-corrected chi connectivity index (χ1v) is 10.9. The maximum absolute atomic E-state index is 13.2. The number of likely N-dealkylation sites (tertiary alicyclic amines) is 1. The van der Waals surface area contributed by atoms with Crippen LogP contribution in [0.5, 0.6) is 0 Å².